The minimum absolute atomic E-state index is 0.141. The zero-order valence-corrected chi connectivity index (χ0v) is 16.8. The molecule has 2 heterocycles. The predicted molar refractivity (Wildman–Crippen MR) is 104 cm³/mol. The second kappa shape index (κ2) is 7.56. The summed E-state index contributed by atoms with van der Waals surface area (Å²) in [6, 6.07) is 7.18. The Balaban J connectivity index is 2.00. The van der Waals surface area contributed by atoms with Gasteiger partial charge in [-0.25, -0.2) is 4.98 Å². The van der Waals surface area contributed by atoms with Crippen molar-refractivity contribution in [1.82, 2.24) is 15.0 Å². The SMILES string of the molecule is COc1ccc(Cl)cc1CN(C)C(=O)c1cc(C(C)C)nc2onc(C)c12. The molecule has 0 N–H and O–H groups in total. The van der Waals surface area contributed by atoms with E-state index in [9.17, 15) is 4.79 Å². The summed E-state index contributed by atoms with van der Waals surface area (Å²) in [4.78, 5) is 19.3. The molecule has 0 saturated carbocycles. The molecule has 0 bridgehead atoms. The fourth-order valence-electron chi connectivity index (χ4n) is 2.98. The molecule has 27 heavy (non-hydrogen) atoms. The van der Waals surface area contributed by atoms with E-state index < -0.39 is 0 Å². The lowest BCUT2D eigenvalue weighted by Crippen LogP contribution is -2.27. The summed E-state index contributed by atoms with van der Waals surface area (Å²) in [5.74, 6) is 0.699. The Kier molecular flexibility index (Phi) is 5.37. The third-order valence-electron chi connectivity index (χ3n) is 4.46. The number of amides is 1. The van der Waals surface area contributed by atoms with Gasteiger partial charge in [-0.1, -0.05) is 30.6 Å². The first-order valence-electron chi connectivity index (χ1n) is 8.66. The molecule has 3 rings (SSSR count). The average molecular weight is 388 g/mol. The lowest BCUT2D eigenvalue weighted by atomic mass is 10.0. The van der Waals surface area contributed by atoms with Gasteiger partial charge in [-0.15, -0.1) is 0 Å². The summed E-state index contributed by atoms with van der Waals surface area (Å²) in [5, 5.41) is 5.22. The third-order valence-corrected chi connectivity index (χ3v) is 4.69. The molecule has 7 heteroatoms. The van der Waals surface area contributed by atoms with E-state index in [4.69, 9.17) is 20.9 Å². The largest absolute Gasteiger partial charge is 0.496 e. The maximum Gasteiger partial charge on any atom is 0.259 e. The quantitative estimate of drug-likeness (QED) is 0.640. The van der Waals surface area contributed by atoms with Gasteiger partial charge in [0.2, 0.25) is 0 Å². The van der Waals surface area contributed by atoms with E-state index >= 15 is 0 Å². The first-order valence-corrected chi connectivity index (χ1v) is 9.04. The number of carbonyl (C=O) groups excluding carboxylic acids is 1. The molecule has 0 radical (unpaired) electrons. The lowest BCUT2D eigenvalue weighted by molar-refractivity contribution is 0.0786. The number of halogens is 1. The van der Waals surface area contributed by atoms with Crippen LogP contribution >= 0.6 is 11.6 Å². The molecule has 0 aliphatic heterocycles. The normalized spacial score (nSPS) is 11.2. The Morgan fingerprint density at radius 3 is 2.74 bits per heavy atom. The zero-order chi connectivity index (χ0) is 19.7. The first-order chi connectivity index (χ1) is 12.8. The summed E-state index contributed by atoms with van der Waals surface area (Å²) in [6.07, 6.45) is 0. The van der Waals surface area contributed by atoms with Crippen LogP contribution in [0.25, 0.3) is 11.1 Å². The topological polar surface area (TPSA) is 68.5 Å². The number of aryl methyl sites for hydroxylation is 1. The van der Waals surface area contributed by atoms with Gasteiger partial charge in [-0.05, 0) is 37.1 Å². The van der Waals surface area contributed by atoms with E-state index in [1.807, 2.05) is 19.9 Å². The van der Waals surface area contributed by atoms with Crippen LogP contribution in [0.2, 0.25) is 5.02 Å². The molecule has 0 unspecified atom stereocenters. The molecule has 0 saturated heterocycles. The lowest BCUT2D eigenvalue weighted by Gasteiger charge is -2.20. The number of ether oxygens (including phenoxy) is 1. The van der Waals surface area contributed by atoms with Crippen LogP contribution in [0.1, 0.15) is 47.1 Å². The number of fused-ring (bicyclic) bond motifs is 1. The minimum Gasteiger partial charge on any atom is -0.496 e. The number of aromatic nitrogens is 2. The zero-order valence-electron chi connectivity index (χ0n) is 16.0. The van der Waals surface area contributed by atoms with Crippen molar-refractivity contribution in [2.24, 2.45) is 0 Å². The summed E-state index contributed by atoms with van der Waals surface area (Å²) in [7, 11) is 3.34. The monoisotopic (exact) mass is 387 g/mol. The molecule has 0 atom stereocenters. The molecule has 0 aliphatic carbocycles. The van der Waals surface area contributed by atoms with E-state index in [2.05, 4.69) is 10.1 Å². The van der Waals surface area contributed by atoms with Crippen molar-refractivity contribution >= 4 is 28.6 Å². The molecule has 0 spiro atoms. The van der Waals surface area contributed by atoms with Gasteiger partial charge in [-0.3, -0.25) is 4.79 Å². The Labute approximate surface area is 163 Å². The molecule has 1 amide bonds. The fraction of sp³-hybridized carbons (Fsp3) is 0.350. The number of methoxy groups -OCH3 is 1. The molecular formula is C20H22ClN3O3. The van der Waals surface area contributed by atoms with Gasteiger partial charge in [0.25, 0.3) is 11.6 Å². The highest BCUT2D eigenvalue weighted by molar-refractivity contribution is 6.30. The van der Waals surface area contributed by atoms with Gasteiger partial charge in [0.15, 0.2) is 0 Å². The van der Waals surface area contributed by atoms with E-state index in [1.54, 1.807) is 44.2 Å². The smallest absolute Gasteiger partial charge is 0.259 e. The fourth-order valence-corrected chi connectivity index (χ4v) is 3.18. The number of rotatable bonds is 5. The van der Waals surface area contributed by atoms with Crippen molar-refractivity contribution in [2.45, 2.75) is 33.2 Å². The van der Waals surface area contributed by atoms with Crippen molar-refractivity contribution in [3.63, 3.8) is 0 Å². The minimum atomic E-state index is -0.141. The highest BCUT2D eigenvalue weighted by Gasteiger charge is 2.23. The average Bonchev–Trinajstić information content (AvgIpc) is 3.01. The van der Waals surface area contributed by atoms with Crippen molar-refractivity contribution in [3.8, 4) is 5.75 Å². The van der Waals surface area contributed by atoms with Crippen molar-refractivity contribution < 1.29 is 14.1 Å². The highest BCUT2D eigenvalue weighted by Crippen LogP contribution is 2.28. The Morgan fingerprint density at radius 2 is 2.07 bits per heavy atom. The molecule has 2 aromatic heterocycles. The number of hydrogen-bond donors (Lipinski definition) is 0. The molecular weight excluding hydrogens is 366 g/mol. The second-order valence-corrected chi connectivity index (χ2v) is 7.25. The van der Waals surface area contributed by atoms with Crippen LogP contribution in [-0.4, -0.2) is 35.1 Å². The van der Waals surface area contributed by atoms with Crippen LogP contribution < -0.4 is 4.74 Å². The predicted octanol–water partition coefficient (Wildman–Crippen LogP) is 4.59. The summed E-state index contributed by atoms with van der Waals surface area (Å²) >= 11 is 6.11. The van der Waals surface area contributed by atoms with Crippen LogP contribution in [0.3, 0.4) is 0 Å². The standard InChI is InChI=1S/C20H22ClN3O3/c1-11(2)16-9-15(18-12(3)23-27-19(18)22-16)20(25)24(4)10-13-8-14(21)6-7-17(13)26-5/h6-9,11H,10H2,1-5H3. The number of nitrogens with zero attached hydrogens (tertiary/aromatic N) is 3. The molecule has 142 valence electrons. The Hall–Kier alpha value is -2.60. The van der Waals surface area contributed by atoms with Gasteiger partial charge in [-0.2, -0.15) is 0 Å². The van der Waals surface area contributed by atoms with Gasteiger partial charge in [0.05, 0.1) is 23.8 Å². The third kappa shape index (κ3) is 3.76. The molecule has 6 nitrogen and oxygen atoms in total. The Morgan fingerprint density at radius 1 is 1.33 bits per heavy atom. The van der Waals surface area contributed by atoms with Crippen LogP contribution in [0, 0.1) is 6.92 Å². The number of pyridine rings is 1. The number of carbonyl (C=O) groups is 1. The van der Waals surface area contributed by atoms with Crippen molar-refractivity contribution in [3.05, 3.63) is 51.8 Å². The Bertz CT molecular complexity index is 998. The first kappa shape index (κ1) is 19.2. The van der Waals surface area contributed by atoms with Gasteiger partial charge >= 0.3 is 0 Å². The second-order valence-electron chi connectivity index (χ2n) is 6.81. The molecule has 0 aliphatic rings. The van der Waals surface area contributed by atoms with E-state index in [1.165, 1.54) is 0 Å². The van der Waals surface area contributed by atoms with Gasteiger partial charge < -0.3 is 14.2 Å². The van der Waals surface area contributed by atoms with Gasteiger partial charge in [0, 0.05) is 29.9 Å². The van der Waals surface area contributed by atoms with Gasteiger partial charge in [0.1, 0.15) is 5.75 Å². The highest BCUT2D eigenvalue weighted by atomic mass is 35.5. The van der Waals surface area contributed by atoms with E-state index in [0.717, 1.165) is 11.3 Å². The molecule has 1 aromatic carbocycles. The van der Waals surface area contributed by atoms with E-state index in [0.29, 0.717) is 39.7 Å². The summed E-state index contributed by atoms with van der Waals surface area (Å²) < 4.78 is 10.7. The van der Waals surface area contributed by atoms with Crippen LogP contribution in [0.4, 0.5) is 0 Å². The van der Waals surface area contributed by atoms with Crippen LogP contribution in [-0.2, 0) is 6.54 Å². The maximum absolute atomic E-state index is 13.2. The summed E-state index contributed by atoms with van der Waals surface area (Å²) in [5.41, 5.74) is 3.18. The molecule has 3 aromatic rings. The number of benzene rings is 1. The van der Waals surface area contributed by atoms with E-state index in [-0.39, 0.29) is 11.8 Å². The maximum atomic E-state index is 13.2. The number of hydrogen-bond acceptors (Lipinski definition) is 5. The summed E-state index contributed by atoms with van der Waals surface area (Å²) in [6.45, 7) is 6.20. The van der Waals surface area contributed by atoms with Crippen molar-refractivity contribution in [1.29, 1.82) is 0 Å². The molecule has 0 fully saturated rings. The van der Waals surface area contributed by atoms with Crippen LogP contribution in [0.5, 0.6) is 5.75 Å². The van der Waals surface area contributed by atoms with Crippen molar-refractivity contribution in [2.75, 3.05) is 14.2 Å². The van der Waals surface area contributed by atoms with Crippen LogP contribution in [0.15, 0.2) is 28.8 Å².